The van der Waals surface area contributed by atoms with Gasteiger partial charge in [0.1, 0.15) is 0 Å². The van der Waals surface area contributed by atoms with Crippen molar-refractivity contribution in [1.29, 1.82) is 0 Å². The number of rotatable bonds is 27. The Morgan fingerprint density at radius 1 is 0.390 bits per heavy atom. The third-order valence-corrected chi connectivity index (χ3v) is 9.75. The van der Waals surface area contributed by atoms with Gasteiger partial charge < -0.3 is 0 Å². The molecule has 0 N–H and O–H groups in total. The standard InChI is InChI=1S/C36H75O4P/c1-28(2)22-31(7)16-13-19-34(10)25-38-41(37,39-26-35(11)20-14-17-32(8)23-29(3)4)40-27-36(12)21-15-18-33(9)24-30(5)6/h28-36H,13-27H2,1-12H3. The topological polar surface area (TPSA) is 44.8 Å². The van der Waals surface area contributed by atoms with Crippen LogP contribution in [-0.4, -0.2) is 19.8 Å². The summed E-state index contributed by atoms with van der Waals surface area (Å²) < 4.78 is 31.8. The zero-order valence-corrected chi connectivity index (χ0v) is 30.8. The molecule has 0 aliphatic carbocycles. The second-order valence-corrected chi connectivity index (χ2v) is 17.3. The lowest BCUT2D eigenvalue weighted by atomic mass is 9.92. The highest BCUT2D eigenvalue weighted by Crippen LogP contribution is 2.51. The molecular weight excluding hydrogens is 527 g/mol. The summed E-state index contributed by atoms with van der Waals surface area (Å²) >= 11 is 0. The molecular formula is C36H75O4P. The molecule has 41 heavy (non-hydrogen) atoms. The maximum atomic E-state index is 13.8. The summed E-state index contributed by atoms with van der Waals surface area (Å²) in [7, 11) is -3.59. The third-order valence-electron chi connectivity index (χ3n) is 8.35. The van der Waals surface area contributed by atoms with Crippen LogP contribution in [-0.2, 0) is 18.1 Å². The van der Waals surface area contributed by atoms with Crippen LogP contribution in [0.2, 0.25) is 0 Å². The van der Waals surface area contributed by atoms with Gasteiger partial charge in [0.15, 0.2) is 0 Å². The summed E-state index contributed by atoms with van der Waals surface area (Å²) in [6.45, 7) is 28.7. The quantitative estimate of drug-likeness (QED) is 0.0877. The Morgan fingerprint density at radius 2 is 0.610 bits per heavy atom. The lowest BCUT2D eigenvalue weighted by molar-refractivity contribution is 0.0794. The van der Waals surface area contributed by atoms with Crippen molar-refractivity contribution >= 4 is 7.82 Å². The Bertz CT molecular complexity index is 564. The van der Waals surface area contributed by atoms with E-state index in [4.69, 9.17) is 13.6 Å². The molecule has 0 fully saturated rings. The molecule has 0 saturated heterocycles. The molecule has 5 heteroatoms. The Kier molecular flexibility index (Phi) is 23.5. The fourth-order valence-electron chi connectivity index (χ4n) is 6.23. The number of hydrogen-bond acceptors (Lipinski definition) is 4. The highest BCUT2D eigenvalue weighted by Gasteiger charge is 2.29. The molecule has 6 unspecified atom stereocenters. The average Bonchev–Trinajstić information content (AvgIpc) is 2.84. The van der Waals surface area contributed by atoms with Gasteiger partial charge in [0.25, 0.3) is 0 Å². The van der Waals surface area contributed by atoms with Crippen LogP contribution in [0.25, 0.3) is 0 Å². The SMILES string of the molecule is CC(C)CC(C)CCCC(C)COP(=O)(OCC(C)CCCC(C)CC(C)C)OCC(C)CCCC(C)CC(C)C. The van der Waals surface area contributed by atoms with Crippen LogP contribution < -0.4 is 0 Å². The second kappa shape index (κ2) is 23.5. The molecule has 0 aliphatic rings. The first kappa shape index (κ1) is 41.1. The molecule has 248 valence electrons. The molecule has 0 aliphatic heterocycles. The lowest BCUT2D eigenvalue weighted by Gasteiger charge is -2.24. The van der Waals surface area contributed by atoms with E-state index in [9.17, 15) is 4.57 Å². The number of hydrogen-bond donors (Lipinski definition) is 0. The Hall–Kier alpha value is 0.110. The summed E-state index contributed by atoms with van der Waals surface area (Å²) in [6, 6.07) is 0. The highest BCUT2D eigenvalue weighted by molar-refractivity contribution is 7.48. The monoisotopic (exact) mass is 603 g/mol. The zero-order chi connectivity index (χ0) is 31.4. The van der Waals surface area contributed by atoms with Crippen molar-refractivity contribution in [2.24, 2.45) is 53.3 Å². The van der Waals surface area contributed by atoms with Crippen molar-refractivity contribution in [3.63, 3.8) is 0 Å². The third kappa shape index (κ3) is 25.2. The van der Waals surface area contributed by atoms with Gasteiger partial charge in [-0.15, -0.1) is 0 Å². The van der Waals surface area contributed by atoms with Crippen LogP contribution >= 0.6 is 7.82 Å². The van der Waals surface area contributed by atoms with Gasteiger partial charge in [-0.1, -0.05) is 122 Å². The summed E-state index contributed by atoms with van der Waals surface area (Å²) in [5, 5.41) is 0. The van der Waals surface area contributed by atoms with Crippen LogP contribution in [0, 0.1) is 53.3 Å². The minimum atomic E-state index is -3.59. The van der Waals surface area contributed by atoms with Gasteiger partial charge in [-0.3, -0.25) is 13.6 Å². The first-order valence-electron chi connectivity index (χ1n) is 17.6. The van der Waals surface area contributed by atoms with Crippen LogP contribution in [0.5, 0.6) is 0 Å². The molecule has 0 aromatic carbocycles. The van der Waals surface area contributed by atoms with E-state index in [0.29, 0.717) is 37.6 Å². The Labute approximate surface area is 258 Å². The van der Waals surface area contributed by atoms with Gasteiger partial charge in [-0.25, -0.2) is 4.57 Å². The van der Waals surface area contributed by atoms with Crippen LogP contribution in [0.1, 0.15) is 160 Å². The minimum absolute atomic E-state index is 0.335. The summed E-state index contributed by atoms with van der Waals surface area (Å²) in [6.07, 6.45) is 14.4. The second-order valence-electron chi connectivity index (χ2n) is 15.6. The van der Waals surface area contributed by atoms with Crippen molar-refractivity contribution in [2.45, 2.75) is 160 Å². The van der Waals surface area contributed by atoms with E-state index in [1.165, 1.54) is 57.8 Å². The van der Waals surface area contributed by atoms with Gasteiger partial charge >= 0.3 is 7.82 Å². The van der Waals surface area contributed by atoms with Crippen LogP contribution in [0.4, 0.5) is 0 Å². The molecule has 0 heterocycles. The first-order chi connectivity index (χ1) is 19.1. The molecule has 0 bridgehead atoms. The van der Waals surface area contributed by atoms with Gasteiger partial charge in [-0.05, 0) is 91.8 Å². The molecule has 0 rings (SSSR count). The van der Waals surface area contributed by atoms with E-state index in [1.807, 2.05) is 0 Å². The van der Waals surface area contributed by atoms with Crippen molar-refractivity contribution in [2.75, 3.05) is 19.8 Å². The van der Waals surface area contributed by atoms with E-state index in [-0.39, 0.29) is 0 Å². The van der Waals surface area contributed by atoms with Gasteiger partial charge in [-0.2, -0.15) is 0 Å². The predicted octanol–water partition coefficient (Wildman–Crippen LogP) is 12.6. The predicted molar refractivity (Wildman–Crippen MR) is 180 cm³/mol. The van der Waals surface area contributed by atoms with Gasteiger partial charge in [0.2, 0.25) is 0 Å². The van der Waals surface area contributed by atoms with Crippen LogP contribution in [0.15, 0.2) is 0 Å². The maximum Gasteiger partial charge on any atom is 0.474 e. The molecule has 6 atom stereocenters. The first-order valence-corrected chi connectivity index (χ1v) is 19.1. The lowest BCUT2D eigenvalue weighted by Crippen LogP contribution is -2.14. The zero-order valence-electron chi connectivity index (χ0n) is 29.9. The fraction of sp³-hybridized carbons (Fsp3) is 1.00. The van der Waals surface area contributed by atoms with Crippen LogP contribution in [0.3, 0.4) is 0 Å². The summed E-state index contributed by atoms with van der Waals surface area (Å²) in [5.74, 6) is 5.53. The average molecular weight is 603 g/mol. The highest BCUT2D eigenvalue weighted by atomic mass is 31.2. The largest absolute Gasteiger partial charge is 0.474 e. The molecule has 0 saturated carbocycles. The van der Waals surface area contributed by atoms with E-state index in [0.717, 1.165) is 54.8 Å². The smallest absolute Gasteiger partial charge is 0.287 e. The minimum Gasteiger partial charge on any atom is -0.287 e. The number of phosphoric ester groups is 1. The summed E-state index contributed by atoms with van der Waals surface area (Å²) in [4.78, 5) is 0. The Morgan fingerprint density at radius 3 is 0.829 bits per heavy atom. The molecule has 0 aromatic rings. The molecule has 0 spiro atoms. The molecule has 4 nitrogen and oxygen atoms in total. The maximum absolute atomic E-state index is 13.8. The Balaban J connectivity index is 4.81. The van der Waals surface area contributed by atoms with Gasteiger partial charge in [0, 0.05) is 0 Å². The van der Waals surface area contributed by atoms with Crippen molar-refractivity contribution in [3.05, 3.63) is 0 Å². The summed E-state index contributed by atoms with van der Waals surface area (Å²) in [5.41, 5.74) is 0. The normalized spacial score (nSPS) is 18.4. The van der Waals surface area contributed by atoms with E-state index >= 15 is 0 Å². The van der Waals surface area contributed by atoms with E-state index < -0.39 is 7.82 Å². The van der Waals surface area contributed by atoms with Crippen molar-refractivity contribution in [3.8, 4) is 0 Å². The molecule has 0 aromatic heterocycles. The van der Waals surface area contributed by atoms with E-state index in [2.05, 4.69) is 83.1 Å². The van der Waals surface area contributed by atoms with Gasteiger partial charge in [0.05, 0.1) is 19.8 Å². The van der Waals surface area contributed by atoms with Crippen molar-refractivity contribution in [1.82, 2.24) is 0 Å². The van der Waals surface area contributed by atoms with E-state index in [1.54, 1.807) is 0 Å². The van der Waals surface area contributed by atoms with Crippen molar-refractivity contribution < 1.29 is 18.1 Å². The number of phosphoric acid groups is 1. The fourth-order valence-corrected chi connectivity index (χ4v) is 7.76. The molecule has 0 radical (unpaired) electrons. The molecule has 0 amide bonds.